The summed E-state index contributed by atoms with van der Waals surface area (Å²) >= 11 is 7.51. The molecular weight excluding hydrogens is 406 g/mol. The first-order valence-corrected chi connectivity index (χ1v) is 8.92. The van der Waals surface area contributed by atoms with Crippen LogP contribution in [0.1, 0.15) is 5.56 Å². The SMILES string of the molecule is COC(=N)c1c(N)ncnc1Oc1ccc(NC(=O)Nc2nccs2)c(Cl)c1. The van der Waals surface area contributed by atoms with E-state index >= 15 is 0 Å². The highest BCUT2D eigenvalue weighted by atomic mass is 35.5. The monoisotopic (exact) mass is 419 g/mol. The minimum absolute atomic E-state index is 0.0395. The minimum atomic E-state index is -0.482. The smallest absolute Gasteiger partial charge is 0.325 e. The third-order valence-electron chi connectivity index (χ3n) is 3.33. The Morgan fingerprint density at radius 3 is 2.79 bits per heavy atom. The first kappa shape index (κ1) is 19.3. The topological polar surface area (TPSA) is 148 Å². The number of nitrogens with zero attached hydrogens (tertiary/aromatic N) is 3. The van der Waals surface area contributed by atoms with Crippen molar-refractivity contribution in [3.05, 3.63) is 46.7 Å². The molecule has 0 saturated heterocycles. The van der Waals surface area contributed by atoms with Gasteiger partial charge >= 0.3 is 6.03 Å². The quantitative estimate of drug-likeness (QED) is 0.364. The molecule has 0 fully saturated rings. The lowest BCUT2D eigenvalue weighted by Crippen LogP contribution is -2.19. The molecule has 2 amide bonds. The largest absolute Gasteiger partial charge is 0.481 e. The lowest BCUT2D eigenvalue weighted by molar-refractivity contribution is 0.262. The van der Waals surface area contributed by atoms with Crippen LogP contribution >= 0.6 is 22.9 Å². The van der Waals surface area contributed by atoms with E-state index in [-0.39, 0.29) is 28.2 Å². The number of rotatable bonds is 5. The third-order valence-corrected chi connectivity index (χ3v) is 4.33. The van der Waals surface area contributed by atoms with Crippen molar-refractivity contribution in [2.45, 2.75) is 0 Å². The fourth-order valence-electron chi connectivity index (χ4n) is 2.08. The Morgan fingerprint density at radius 1 is 1.29 bits per heavy atom. The number of benzene rings is 1. The molecule has 0 bridgehead atoms. The van der Waals surface area contributed by atoms with Gasteiger partial charge in [0.25, 0.3) is 0 Å². The lowest BCUT2D eigenvalue weighted by Gasteiger charge is -2.13. The molecule has 2 aromatic heterocycles. The number of nitrogen functional groups attached to an aromatic ring is 1. The zero-order valence-corrected chi connectivity index (χ0v) is 16.0. The van der Waals surface area contributed by atoms with Crippen LogP contribution in [0.4, 0.5) is 21.4 Å². The van der Waals surface area contributed by atoms with Gasteiger partial charge in [0.05, 0.1) is 17.8 Å². The van der Waals surface area contributed by atoms with Gasteiger partial charge < -0.3 is 20.5 Å². The van der Waals surface area contributed by atoms with Gasteiger partial charge in [-0.1, -0.05) is 11.6 Å². The maximum atomic E-state index is 12.0. The molecule has 0 unspecified atom stereocenters. The standard InChI is InChI=1S/C16H14ClN7O3S/c1-26-13(19)11-12(18)21-7-22-14(11)27-8-2-3-10(9(17)6-8)23-15(25)24-16-20-4-5-28-16/h2-7,19H,1H3,(H2,18,21,22)(H2,20,23,24,25). The van der Waals surface area contributed by atoms with Crippen molar-refractivity contribution < 1.29 is 14.3 Å². The highest BCUT2D eigenvalue weighted by Gasteiger charge is 2.18. The van der Waals surface area contributed by atoms with Gasteiger partial charge in [0.15, 0.2) is 5.13 Å². The number of aromatic nitrogens is 3. The first-order chi connectivity index (χ1) is 13.5. The number of amides is 2. The van der Waals surface area contributed by atoms with Crippen LogP contribution in [0.3, 0.4) is 0 Å². The molecule has 12 heteroatoms. The second-order valence-electron chi connectivity index (χ2n) is 5.13. The molecule has 2 heterocycles. The number of nitrogens with two attached hydrogens (primary N) is 1. The fourth-order valence-corrected chi connectivity index (χ4v) is 2.82. The van der Waals surface area contributed by atoms with Gasteiger partial charge in [-0.2, -0.15) is 0 Å². The molecule has 0 saturated carbocycles. The number of urea groups is 1. The number of hydrogen-bond donors (Lipinski definition) is 4. The molecule has 28 heavy (non-hydrogen) atoms. The molecule has 3 aromatic rings. The average Bonchev–Trinajstić information content (AvgIpc) is 3.16. The Hall–Kier alpha value is -3.44. The lowest BCUT2D eigenvalue weighted by atomic mass is 10.2. The average molecular weight is 420 g/mol. The minimum Gasteiger partial charge on any atom is -0.481 e. The molecule has 3 rings (SSSR count). The summed E-state index contributed by atoms with van der Waals surface area (Å²) in [6.07, 6.45) is 2.79. The molecule has 0 radical (unpaired) electrons. The van der Waals surface area contributed by atoms with Crippen LogP contribution in [0.2, 0.25) is 5.02 Å². The number of carbonyl (C=O) groups excluding carboxylic acids is 1. The zero-order valence-electron chi connectivity index (χ0n) is 14.4. The van der Waals surface area contributed by atoms with Gasteiger partial charge in [-0.25, -0.2) is 19.7 Å². The van der Waals surface area contributed by atoms with Crippen LogP contribution in [0.25, 0.3) is 0 Å². The molecule has 0 spiro atoms. The summed E-state index contributed by atoms with van der Waals surface area (Å²) < 4.78 is 10.5. The Kier molecular flexibility index (Phi) is 5.87. The molecule has 144 valence electrons. The van der Waals surface area contributed by atoms with E-state index < -0.39 is 6.03 Å². The predicted molar refractivity (Wildman–Crippen MR) is 107 cm³/mol. The van der Waals surface area contributed by atoms with Crippen molar-refractivity contribution in [1.29, 1.82) is 5.41 Å². The van der Waals surface area contributed by atoms with Gasteiger partial charge in [-0.3, -0.25) is 10.7 Å². The number of hydrogen-bond acceptors (Lipinski definition) is 9. The van der Waals surface area contributed by atoms with Crippen molar-refractivity contribution in [3.63, 3.8) is 0 Å². The molecular formula is C16H14ClN7O3S. The summed E-state index contributed by atoms with van der Waals surface area (Å²) in [6.45, 7) is 0. The van der Waals surface area contributed by atoms with E-state index in [0.29, 0.717) is 16.6 Å². The Morgan fingerprint density at radius 2 is 2.11 bits per heavy atom. The number of methoxy groups -OCH3 is 1. The molecule has 1 aromatic carbocycles. The van der Waals surface area contributed by atoms with Crippen LogP contribution in [-0.2, 0) is 4.74 Å². The van der Waals surface area contributed by atoms with Crippen LogP contribution in [-0.4, -0.2) is 34.0 Å². The summed E-state index contributed by atoms with van der Waals surface area (Å²) in [5, 5.41) is 15.5. The number of carbonyl (C=O) groups is 1. The second-order valence-corrected chi connectivity index (χ2v) is 6.43. The normalized spacial score (nSPS) is 10.2. The number of ether oxygens (including phenoxy) is 2. The zero-order chi connectivity index (χ0) is 20.1. The van der Waals surface area contributed by atoms with Crippen LogP contribution < -0.4 is 21.1 Å². The fraction of sp³-hybridized carbons (Fsp3) is 0.0625. The third kappa shape index (κ3) is 4.45. The van der Waals surface area contributed by atoms with E-state index in [4.69, 9.17) is 32.2 Å². The van der Waals surface area contributed by atoms with E-state index in [2.05, 4.69) is 25.6 Å². The second kappa shape index (κ2) is 8.50. The van der Waals surface area contributed by atoms with Gasteiger partial charge in [-0.15, -0.1) is 11.3 Å². The summed E-state index contributed by atoms with van der Waals surface area (Å²) in [5.74, 6) is 0.160. The van der Waals surface area contributed by atoms with Crippen molar-refractivity contribution >= 4 is 51.5 Å². The number of thiazole rings is 1. The molecule has 0 aliphatic carbocycles. The van der Waals surface area contributed by atoms with Gasteiger partial charge in [-0.05, 0) is 12.1 Å². The van der Waals surface area contributed by atoms with E-state index in [1.807, 2.05) is 0 Å². The maximum Gasteiger partial charge on any atom is 0.325 e. The Balaban J connectivity index is 1.75. The van der Waals surface area contributed by atoms with Crippen molar-refractivity contribution in [3.8, 4) is 11.6 Å². The first-order valence-electron chi connectivity index (χ1n) is 7.66. The van der Waals surface area contributed by atoms with E-state index in [0.717, 1.165) is 0 Å². The van der Waals surface area contributed by atoms with Gasteiger partial charge in [0.1, 0.15) is 23.5 Å². The number of nitrogens with one attached hydrogen (secondary N) is 3. The van der Waals surface area contributed by atoms with E-state index in [1.54, 1.807) is 23.7 Å². The molecule has 0 atom stereocenters. The summed E-state index contributed by atoms with van der Waals surface area (Å²) in [6, 6.07) is 4.14. The van der Waals surface area contributed by atoms with Crippen LogP contribution in [0.15, 0.2) is 36.1 Å². The molecule has 5 N–H and O–H groups in total. The Bertz CT molecular complexity index is 1010. The molecule has 0 aliphatic rings. The van der Waals surface area contributed by atoms with Crippen LogP contribution in [0, 0.1) is 5.41 Å². The van der Waals surface area contributed by atoms with Crippen LogP contribution in [0.5, 0.6) is 11.6 Å². The van der Waals surface area contributed by atoms with Gasteiger partial charge in [0, 0.05) is 17.6 Å². The molecule has 10 nitrogen and oxygen atoms in total. The van der Waals surface area contributed by atoms with E-state index in [9.17, 15) is 4.79 Å². The highest BCUT2D eigenvalue weighted by molar-refractivity contribution is 7.13. The summed E-state index contributed by atoms with van der Waals surface area (Å²) in [4.78, 5) is 23.8. The number of anilines is 3. The predicted octanol–water partition coefficient (Wildman–Crippen LogP) is 3.58. The summed E-state index contributed by atoms with van der Waals surface area (Å²) in [5.41, 5.74) is 6.27. The van der Waals surface area contributed by atoms with Crippen molar-refractivity contribution in [2.75, 3.05) is 23.5 Å². The number of halogens is 1. The molecule has 0 aliphatic heterocycles. The van der Waals surface area contributed by atoms with E-state index in [1.165, 1.54) is 30.8 Å². The Labute approximate surface area is 168 Å². The summed E-state index contributed by atoms with van der Waals surface area (Å²) in [7, 11) is 1.33. The maximum absolute atomic E-state index is 12.0. The highest BCUT2D eigenvalue weighted by Crippen LogP contribution is 2.31. The van der Waals surface area contributed by atoms with Crippen molar-refractivity contribution in [1.82, 2.24) is 15.0 Å². The van der Waals surface area contributed by atoms with Gasteiger partial charge in [0.2, 0.25) is 11.8 Å². The van der Waals surface area contributed by atoms with Crippen molar-refractivity contribution in [2.24, 2.45) is 0 Å².